The zero-order valence-corrected chi connectivity index (χ0v) is 14.1. The summed E-state index contributed by atoms with van der Waals surface area (Å²) < 4.78 is 0. The molecule has 2 rings (SSSR count). The first-order valence-corrected chi connectivity index (χ1v) is 8.47. The SMILES string of the molecule is O=C(CSCc1ccc(Cl)cc1)NN=Cc1ccccc1[N+](=O)[O-]. The van der Waals surface area contributed by atoms with Gasteiger partial charge in [0, 0.05) is 16.8 Å². The van der Waals surface area contributed by atoms with Crippen LogP contribution in [-0.2, 0) is 10.5 Å². The molecule has 0 fully saturated rings. The van der Waals surface area contributed by atoms with Crippen LogP contribution in [0, 0.1) is 10.1 Å². The summed E-state index contributed by atoms with van der Waals surface area (Å²) >= 11 is 7.24. The topological polar surface area (TPSA) is 84.6 Å². The molecule has 2 aromatic carbocycles. The zero-order valence-electron chi connectivity index (χ0n) is 12.5. The van der Waals surface area contributed by atoms with E-state index in [-0.39, 0.29) is 17.3 Å². The number of thioether (sulfide) groups is 1. The highest BCUT2D eigenvalue weighted by atomic mass is 35.5. The fraction of sp³-hybridized carbons (Fsp3) is 0.125. The van der Waals surface area contributed by atoms with Gasteiger partial charge in [-0.05, 0) is 23.8 Å². The molecule has 0 heterocycles. The van der Waals surface area contributed by atoms with Gasteiger partial charge in [0.2, 0.25) is 5.91 Å². The summed E-state index contributed by atoms with van der Waals surface area (Å²) in [6.45, 7) is 0. The Balaban J connectivity index is 1.79. The molecule has 0 bridgehead atoms. The predicted molar refractivity (Wildman–Crippen MR) is 96.4 cm³/mol. The van der Waals surface area contributed by atoms with Crippen molar-refractivity contribution in [3.05, 3.63) is 74.8 Å². The van der Waals surface area contributed by atoms with E-state index in [1.807, 2.05) is 12.1 Å². The number of hydrazone groups is 1. The van der Waals surface area contributed by atoms with E-state index in [9.17, 15) is 14.9 Å². The van der Waals surface area contributed by atoms with E-state index in [1.54, 1.807) is 30.3 Å². The third-order valence-electron chi connectivity index (χ3n) is 2.94. The van der Waals surface area contributed by atoms with Gasteiger partial charge in [-0.2, -0.15) is 5.10 Å². The van der Waals surface area contributed by atoms with Gasteiger partial charge in [-0.25, -0.2) is 5.43 Å². The number of nitro benzene ring substituents is 1. The number of hydrogen-bond acceptors (Lipinski definition) is 5. The van der Waals surface area contributed by atoms with Gasteiger partial charge < -0.3 is 0 Å². The van der Waals surface area contributed by atoms with Crippen molar-refractivity contribution in [3.63, 3.8) is 0 Å². The second kappa shape index (κ2) is 9.05. The highest BCUT2D eigenvalue weighted by Crippen LogP contribution is 2.16. The lowest BCUT2D eigenvalue weighted by atomic mass is 10.2. The minimum Gasteiger partial charge on any atom is -0.272 e. The molecule has 0 spiro atoms. The second-order valence-corrected chi connectivity index (χ2v) is 6.15. The summed E-state index contributed by atoms with van der Waals surface area (Å²) in [5.74, 6) is 0.638. The number of carbonyl (C=O) groups is 1. The minimum atomic E-state index is -0.495. The first-order chi connectivity index (χ1) is 11.6. The molecule has 0 saturated carbocycles. The highest BCUT2D eigenvalue weighted by molar-refractivity contribution is 7.99. The molecule has 0 unspecified atom stereocenters. The number of nitro groups is 1. The molecule has 0 aromatic heterocycles. The Labute approximate surface area is 148 Å². The van der Waals surface area contributed by atoms with E-state index in [0.717, 1.165) is 5.56 Å². The third kappa shape index (κ3) is 5.68. The van der Waals surface area contributed by atoms with Crippen LogP contribution >= 0.6 is 23.4 Å². The molecular formula is C16H14ClN3O3S. The molecule has 8 heteroatoms. The Kier molecular flexibility index (Phi) is 6.77. The van der Waals surface area contributed by atoms with Gasteiger partial charge in [-0.15, -0.1) is 11.8 Å². The summed E-state index contributed by atoms with van der Waals surface area (Å²) in [6, 6.07) is 13.6. The number of halogens is 1. The lowest BCUT2D eigenvalue weighted by Gasteiger charge is -2.02. The Morgan fingerprint density at radius 2 is 1.96 bits per heavy atom. The third-order valence-corrected chi connectivity index (χ3v) is 4.20. The van der Waals surface area contributed by atoms with Crippen molar-refractivity contribution >= 4 is 41.2 Å². The molecular weight excluding hydrogens is 350 g/mol. The summed E-state index contributed by atoms with van der Waals surface area (Å²) in [4.78, 5) is 22.1. The van der Waals surface area contributed by atoms with E-state index < -0.39 is 4.92 Å². The van der Waals surface area contributed by atoms with Crippen LogP contribution in [0.2, 0.25) is 5.02 Å². The molecule has 1 amide bonds. The number of carbonyl (C=O) groups excluding carboxylic acids is 1. The Morgan fingerprint density at radius 3 is 2.67 bits per heavy atom. The highest BCUT2D eigenvalue weighted by Gasteiger charge is 2.10. The van der Waals surface area contributed by atoms with Crippen LogP contribution < -0.4 is 5.43 Å². The van der Waals surface area contributed by atoms with Crippen LogP contribution in [0.15, 0.2) is 53.6 Å². The van der Waals surface area contributed by atoms with Crippen LogP contribution in [0.4, 0.5) is 5.69 Å². The van der Waals surface area contributed by atoms with Gasteiger partial charge in [-0.1, -0.05) is 35.9 Å². The lowest BCUT2D eigenvalue weighted by molar-refractivity contribution is -0.385. The van der Waals surface area contributed by atoms with Crippen LogP contribution in [-0.4, -0.2) is 22.8 Å². The van der Waals surface area contributed by atoms with E-state index in [4.69, 9.17) is 11.6 Å². The molecule has 0 atom stereocenters. The number of hydrogen-bond donors (Lipinski definition) is 1. The average Bonchev–Trinajstić information content (AvgIpc) is 2.57. The molecule has 24 heavy (non-hydrogen) atoms. The quantitative estimate of drug-likeness (QED) is 0.462. The monoisotopic (exact) mass is 363 g/mol. The summed E-state index contributed by atoms with van der Waals surface area (Å²) in [6.07, 6.45) is 1.26. The fourth-order valence-electron chi connectivity index (χ4n) is 1.81. The van der Waals surface area contributed by atoms with E-state index in [0.29, 0.717) is 16.3 Å². The van der Waals surface area contributed by atoms with Crippen molar-refractivity contribution < 1.29 is 9.72 Å². The van der Waals surface area contributed by atoms with Gasteiger partial charge in [0.15, 0.2) is 0 Å². The van der Waals surface area contributed by atoms with Gasteiger partial charge in [-0.3, -0.25) is 14.9 Å². The molecule has 0 aliphatic rings. The van der Waals surface area contributed by atoms with Crippen molar-refractivity contribution in [1.82, 2.24) is 5.43 Å². The summed E-state index contributed by atoms with van der Waals surface area (Å²) in [5, 5.41) is 15.3. The largest absolute Gasteiger partial charge is 0.278 e. The standard InChI is InChI=1S/C16H14ClN3O3S/c17-14-7-5-12(6-8-14)10-24-11-16(21)19-18-9-13-3-1-2-4-15(13)20(22)23/h1-9H,10-11H2,(H,19,21). The van der Waals surface area contributed by atoms with Gasteiger partial charge in [0.25, 0.3) is 5.69 Å². The molecule has 6 nitrogen and oxygen atoms in total. The number of rotatable bonds is 7. The van der Waals surface area contributed by atoms with Crippen LogP contribution in [0.3, 0.4) is 0 Å². The van der Waals surface area contributed by atoms with Crippen molar-refractivity contribution in [3.8, 4) is 0 Å². The molecule has 0 radical (unpaired) electrons. The number of nitrogens with one attached hydrogen (secondary N) is 1. The summed E-state index contributed by atoms with van der Waals surface area (Å²) in [7, 11) is 0. The van der Waals surface area contributed by atoms with Crippen molar-refractivity contribution in [2.45, 2.75) is 5.75 Å². The van der Waals surface area contributed by atoms with Crippen molar-refractivity contribution in [1.29, 1.82) is 0 Å². The van der Waals surface area contributed by atoms with Gasteiger partial charge in [0.05, 0.1) is 22.5 Å². The minimum absolute atomic E-state index is 0.0624. The number of para-hydroxylation sites is 1. The fourth-order valence-corrected chi connectivity index (χ4v) is 2.72. The predicted octanol–water partition coefficient (Wildman–Crippen LogP) is 3.63. The van der Waals surface area contributed by atoms with Crippen LogP contribution in [0.25, 0.3) is 0 Å². The van der Waals surface area contributed by atoms with Crippen LogP contribution in [0.5, 0.6) is 0 Å². The number of nitrogens with zero attached hydrogens (tertiary/aromatic N) is 2. The normalized spacial score (nSPS) is 10.7. The maximum Gasteiger partial charge on any atom is 0.278 e. The number of amides is 1. The van der Waals surface area contributed by atoms with E-state index in [1.165, 1.54) is 24.0 Å². The van der Waals surface area contributed by atoms with E-state index in [2.05, 4.69) is 10.5 Å². The Bertz CT molecular complexity index is 750. The Hall–Kier alpha value is -2.38. The first kappa shape index (κ1) is 18.0. The van der Waals surface area contributed by atoms with Crippen molar-refractivity contribution in [2.24, 2.45) is 5.10 Å². The van der Waals surface area contributed by atoms with Gasteiger partial charge >= 0.3 is 0 Å². The second-order valence-electron chi connectivity index (χ2n) is 4.73. The molecule has 0 saturated heterocycles. The molecule has 1 N–H and O–H groups in total. The van der Waals surface area contributed by atoms with Crippen LogP contribution in [0.1, 0.15) is 11.1 Å². The zero-order chi connectivity index (χ0) is 17.4. The van der Waals surface area contributed by atoms with Crippen molar-refractivity contribution in [2.75, 3.05) is 5.75 Å². The average molecular weight is 364 g/mol. The van der Waals surface area contributed by atoms with E-state index >= 15 is 0 Å². The molecule has 0 aliphatic heterocycles. The van der Waals surface area contributed by atoms with Gasteiger partial charge in [0.1, 0.15) is 0 Å². The first-order valence-electron chi connectivity index (χ1n) is 6.94. The number of benzene rings is 2. The maximum absolute atomic E-state index is 11.7. The molecule has 0 aliphatic carbocycles. The smallest absolute Gasteiger partial charge is 0.272 e. The molecule has 124 valence electrons. The maximum atomic E-state index is 11.7. The lowest BCUT2D eigenvalue weighted by Crippen LogP contribution is -2.19. The molecule has 2 aromatic rings. The Morgan fingerprint density at radius 1 is 1.25 bits per heavy atom. The summed E-state index contributed by atoms with van der Waals surface area (Å²) in [5.41, 5.74) is 3.70.